The third-order valence-corrected chi connectivity index (χ3v) is 14.5. The van der Waals surface area contributed by atoms with Crippen LogP contribution in [-0.2, 0) is 65.4 Å². The highest BCUT2D eigenvalue weighted by Crippen LogP contribution is 2.45. The first-order chi connectivity index (χ1) is 35.7. The maximum atomic E-state index is 12.9. The van der Waals surface area contributed by atoms with E-state index in [0.717, 1.165) is 103 Å². The van der Waals surface area contributed by atoms with Gasteiger partial charge in [0.25, 0.3) is 0 Å². The molecule has 0 aliphatic rings. The first kappa shape index (κ1) is 73.1. The van der Waals surface area contributed by atoms with Crippen molar-refractivity contribution in [2.75, 3.05) is 39.6 Å². The Bertz CT molecular complexity index is 1510. The van der Waals surface area contributed by atoms with Crippen molar-refractivity contribution in [2.24, 2.45) is 17.8 Å². The van der Waals surface area contributed by atoms with Gasteiger partial charge >= 0.3 is 39.5 Å². The van der Waals surface area contributed by atoms with Gasteiger partial charge in [0.1, 0.15) is 19.3 Å². The summed E-state index contributed by atoms with van der Waals surface area (Å²) >= 11 is 0. The van der Waals surface area contributed by atoms with E-state index >= 15 is 0 Å². The number of phosphoric acid groups is 2. The molecule has 5 atom stereocenters. The molecule has 0 bridgehead atoms. The average Bonchev–Trinajstić information content (AvgIpc) is 3.34. The van der Waals surface area contributed by atoms with Crippen molar-refractivity contribution < 1.29 is 80.2 Å². The quantitative estimate of drug-likeness (QED) is 0.0222. The molecule has 444 valence electrons. The lowest BCUT2D eigenvalue weighted by molar-refractivity contribution is -0.161. The van der Waals surface area contributed by atoms with Crippen LogP contribution in [0.3, 0.4) is 0 Å². The highest BCUT2D eigenvalue weighted by atomic mass is 31.2. The second-order valence-corrected chi connectivity index (χ2v) is 24.7. The van der Waals surface area contributed by atoms with Crippen LogP contribution in [0.1, 0.15) is 260 Å². The molecule has 0 saturated carbocycles. The average molecular weight is 1120 g/mol. The van der Waals surface area contributed by atoms with Crippen molar-refractivity contribution in [1.82, 2.24) is 0 Å². The number of unbranched alkanes of at least 4 members (excludes halogenated alkanes) is 22. The molecule has 19 heteroatoms. The summed E-state index contributed by atoms with van der Waals surface area (Å²) in [7, 11) is -9.87. The SMILES string of the molecule is CCCCCCCCCCC(=O)OC[C@H](COP(=O)(O)OC[C@H](O)COP(=O)(O)OC[C@@H](COC(=O)CCCCCCCCC(C)C)OC(=O)CCCCCCCCC(C)C)OC(=O)CCCCCCCCC(C)C. The van der Waals surface area contributed by atoms with E-state index in [9.17, 15) is 43.2 Å². The summed E-state index contributed by atoms with van der Waals surface area (Å²) in [4.78, 5) is 71.6. The van der Waals surface area contributed by atoms with Gasteiger partial charge in [0.05, 0.1) is 26.4 Å². The molecular formula is C56H108O17P2. The van der Waals surface area contributed by atoms with E-state index in [1.165, 1.54) is 57.8 Å². The van der Waals surface area contributed by atoms with Gasteiger partial charge in [-0.1, -0.05) is 209 Å². The largest absolute Gasteiger partial charge is 0.472 e. The first-order valence-electron chi connectivity index (χ1n) is 29.3. The number of hydrogen-bond acceptors (Lipinski definition) is 15. The minimum atomic E-state index is -4.93. The molecule has 0 aromatic rings. The molecule has 2 unspecified atom stereocenters. The smallest absolute Gasteiger partial charge is 0.462 e. The summed E-state index contributed by atoms with van der Waals surface area (Å²) in [6, 6.07) is 0. The van der Waals surface area contributed by atoms with Crippen LogP contribution in [0.2, 0.25) is 0 Å². The fourth-order valence-corrected chi connectivity index (χ4v) is 9.65. The molecule has 0 amide bonds. The molecular weight excluding hydrogens is 1010 g/mol. The predicted molar refractivity (Wildman–Crippen MR) is 294 cm³/mol. The van der Waals surface area contributed by atoms with Gasteiger partial charge in [0.15, 0.2) is 12.2 Å². The van der Waals surface area contributed by atoms with Crippen molar-refractivity contribution in [2.45, 2.75) is 279 Å². The van der Waals surface area contributed by atoms with E-state index in [-0.39, 0.29) is 25.7 Å². The fraction of sp³-hybridized carbons (Fsp3) is 0.929. The summed E-state index contributed by atoms with van der Waals surface area (Å²) < 4.78 is 67.5. The summed E-state index contributed by atoms with van der Waals surface area (Å²) in [5, 5.41) is 10.5. The zero-order valence-electron chi connectivity index (χ0n) is 48.0. The molecule has 0 aromatic carbocycles. The van der Waals surface area contributed by atoms with Crippen molar-refractivity contribution in [3.05, 3.63) is 0 Å². The molecule has 3 N–H and O–H groups in total. The summed E-state index contributed by atoms with van der Waals surface area (Å²) in [5.74, 6) is -0.141. The summed E-state index contributed by atoms with van der Waals surface area (Å²) in [6.45, 7) is 11.4. The molecule has 0 aromatic heterocycles. The second-order valence-electron chi connectivity index (χ2n) is 21.8. The van der Waals surface area contributed by atoms with Gasteiger partial charge in [0.2, 0.25) is 0 Å². The standard InChI is InChI=1S/C56H108O17P2/c1-8-9-10-11-12-13-23-30-37-53(58)66-43-51(72-55(60)39-32-25-18-15-21-28-35-48(4)5)45-70-74(62,63)68-41-50(57)42-69-75(64,65)71-46-52(73-56(61)40-33-26-19-16-22-29-36-49(6)7)44-67-54(59)38-31-24-17-14-20-27-34-47(2)3/h47-52,57H,8-46H2,1-7H3,(H,62,63)(H,64,65)/t50-,51+,52+/m0/s1. The van der Waals surface area contributed by atoms with Crippen LogP contribution in [0.15, 0.2) is 0 Å². The van der Waals surface area contributed by atoms with E-state index < -0.39 is 97.5 Å². The molecule has 0 saturated heterocycles. The van der Waals surface area contributed by atoms with Crippen molar-refractivity contribution in [1.29, 1.82) is 0 Å². The second kappa shape index (κ2) is 48.0. The Morgan fingerprint density at radius 1 is 0.360 bits per heavy atom. The van der Waals surface area contributed by atoms with Crippen molar-refractivity contribution in [3.63, 3.8) is 0 Å². The Balaban J connectivity index is 5.23. The molecule has 0 rings (SSSR count). The number of phosphoric ester groups is 2. The third-order valence-electron chi connectivity index (χ3n) is 12.6. The van der Waals surface area contributed by atoms with E-state index in [4.69, 9.17) is 37.0 Å². The lowest BCUT2D eigenvalue weighted by Gasteiger charge is -2.21. The number of aliphatic hydroxyl groups is 1. The highest BCUT2D eigenvalue weighted by Gasteiger charge is 2.30. The Morgan fingerprint density at radius 2 is 0.613 bits per heavy atom. The molecule has 0 aliphatic heterocycles. The van der Waals surface area contributed by atoms with Crippen LogP contribution in [-0.4, -0.2) is 96.7 Å². The van der Waals surface area contributed by atoms with Gasteiger partial charge in [-0.15, -0.1) is 0 Å². The van der Waals surface area contributed by atoms with Gasteiger partial charge in [-0.25, -0.2) is 9.13 Å². The van der Waals surface area contributed by atoms with E-state index in [0.29, 0.717) is 43.4 Å². The van der Waals surface area contributed by atoms with Crippen molar-refractivity contribution in [3.8, 4) is 0 Å². The van der Waals surface area contributed by atoms with Gasteiger partial charge in [0, 0.05) is 25.7 Å². The molecule has 0 radical (unpaired) electrons. The maximum Gasteiger partial charge on any atom is 0.472 e. The molecule has 17 nitrogen and oxygen atoms in total. The van der Waals surface area contributed by atoms with Gasteiger partial charge in [-0.3, -0.25) is 37.3 Å². The number of aliphatic hydroxyl groups excluding tert-OH is 1. The normalized spacial score (nSPS) is 14.6. The van der Waals surface area contributed by atoms with Gasteiger partial charge in [-0.05, 0) is 43.4 Å². The topological polar surface area (TPSA) is 237 Å². The van der Waals surface area contributed by atoms with Crippen LogP contribution in [0.4, 0.5) is 0 Å². The van der Waals surface area contributed by atoms with E-state index in [1.807, 2.05) is 0 Å². The zero-order valence-corrected chi connectivity index (χ0v) is 49.8. The maximum absolute atomic E-state index is 12.9. The van der Waals surface area contributed by atoms with Crippen LogP contribution < -0.4 is 0 Å². The number of ether oxygens (including phenoxy) is 4. The van der Waals surface area contributed by atoms with Crippen LogP contribution in [0.5, 0.6) is 0 Å². The van der Waals surface area contributed by atoms with E-state index in [2.05, 4.69) is 48.5 Å². The number of esters is 4. The molecule has 0 fully saturated rings. The molecule has 0 spiro atoms. The number of carbonyl (C=O) groups excluding carboxylic acids is 4. The first-order valence-corrected chi connectivity index (χ1v) is 32.3. The number of carbonyl (C=O) groups is 4. The Kier molecular flexibility index (Phi) is 46.8. The van der Waals surface area contributed by atoms with Crippen molar-refractivity contribution >= 4 is 39.5 Å². The van der Waals surface area contributed by atoms with Gasteiger partial charge < -0.3 is 33.8 Å². The Morgan fingerprint density at radius 3 is 0.907 bits per heavy atom. The molecule has 0 heterocycles. The molecule has 0 aliphatic carbocycles. The minimum absolute atomic E-state index is 0.100. The monoisotopic (exact) mass is 1110 g/mol. The number of hydrogen-bond donors (Lipinski definition) is 3. The fourth-order valence-electron chi connectivity index (χ4n) is 8.07. The predicted octanol–water partition coefficient (Wildman–Crippen LogP) is 14.4. The van der Waals surface area contributed by atoms with Gasteiger partial charge in [-0.2, -0.15) is 0 Å². The summed E-state index contributed by atoms with van der Waals surface area (Å²) in [5.41, 5.74) is 0. The number of rotatable bonds is 54. The Hall–Kier alpha value is -1.94. The summed E-state index contributed by atoms with van der Waals surface area (Å²) in [6.07, 6.45) is 25.8. The Labute approximate surface area is 454 Å². The third kappa shape index (κ3) is 51.3. The van der Waals surface area contributed by atoms with Crippen LogP contribution in [0.25, 0.3) is 0 Å². The molecule has 75 heavy (non-hydrogen) atoms. The lowest BCUT2D eigenvalue weighted by Crippen LogP contribution is -2.30. The van der Waals surface area contributed by atoms with Crippen LogP contribution in [0, 0.1) is 17.8 Å². The lowest BCUT2D eigenvalue weighted by atomic mass is 10.0. The van der Waals surface area contributed by atoms with Crippen LogP contribution >= 0.6 is 15.6 Å². The zero-order chi connectivity index (χ0) is 56.0. The minimum Gasteiger partial charge on any atom is -0.462 e. The van der Waals surface area contributed by atoms with E-state index in [1.54, 1.807) is 0 Å². The highest BCUT2D eigenvalue weighted by molar-refractivity contribution is 7.47.